The minimum Gasteiger partial charge on any atom is -0.497 e. The molecule has 29 heavy (non-hydrogen) atoms. The summed E-state index contributed by atoms with van der Waals surface area (Å²) in [7, 11) is 9.29. The Labute approximate surface area is 176 Å². The summed E-state index contributed by atoms with van der Waals surface area (Å²) in [6.45, 7) is 1.28. The van der Waals surface area contributed by atoms with Crippen LogP contribution in [0.1, 0.15) is 5.56 Å². The van der Waals surface area contributed by atoms with E-state index in [1.165, 1.54) is 11.3 Å². The van der Waals surface area contributed by atoms with Gasteiger partial charge in [-0.1, -0.05) is 12.1 Å². The van der Waals surface area contributed by atoms with Crippen molar-refractivity contribution in [1.29, 1.82) is 0 Å². The fourth-order valence-electron chi connectivity index (χ4n) is 2.93. The van der Waals surface area contributed by atoms with Crippen LogP contribution >= 0.6 is 12.2 Å². The van der Waals surface area contributed by atoms with Crippen molar-refractivity contribution in [2.45, 2.75) is 13.2 Å². The van der Waals surface area contributed by atoms with Crippen molar-refractivity contribution in [1.82, 2.24) is 14.7 Å². The number of methoxy groups -OCH3 is 2. The van der Waals surface area contributed by atoms with Crippen LogP contribution in [0.3, 0.4) is 0 Å². The lowest BCUT2D eigenvalue weighted by Gasteiger charge is -2.17. The average Bonchev–Trinajstić information content (AvgIpc) is 3.08. The molecule has 3 aromatic rings. The first kappa shape index (κ1) is 20.9. The Morgan fingerprint density at radius 2 is 1.62 bits per heavy atom. The molecule has 0 unspecified atom stereocenters. The zero-order valence-corrected chi connectivity index (χ0v) is 18.2. The van der Waals surface area contributed by atoms with Crippen molar-refractivity contribution >= 4 is 17.9 Å². The van der Waals surface area contributed by atoms with E-state index >= 15 is 0 Å². The third-order valence-electron chi connectivity index (χ3n) is 4.49. The molecule has 2 aromatic carbocycles. The Balaban J connectivity index is 1.74. The number of nitrogens with zero attached hydrogens (tertiary/aromatic N) is 4. The van der Waals surface area contributed by atoms with Gasteiger partial charge in [-0.2, -0.15) is 0 Å². The van der Waals surface area contributed by atoms with Crippen molar-refractivity contribution in [3.63, 3.8) is 0 Å². The van der Waals surface area contributed by atoms with Gasteiger partial charge in [0.05, 0.1) is 20.9 Å². The Bertz CT molecular complexity index is 989. The van der Waals surface area contributed by atoms with E-state index in [2.05, 4.69) is 39.2 Å². The average molecular weight is 415 g/mol. The number of anilines is 1. The fourth-order valence-corrected chi connectivity index (χ4v) is 3.11. The van der Waals surface area contributed by atoms with Crippen LogP contribution in [0.4, 0.5) is 5.69 Å². The molecular weight excluding hydrogens is 388 g/mol. The molecule has 1 heterocycles. The van der Waals surface area contributed by atoms with Crippen LogP contribution in [0, 0.1) is 4.84 Å². The molecule has 0 aliphatic carbocycles. The highest BCUT2D eigenvalue weighted by molar-refractivity contribution is 7.71. The normalized spacial score (nSPS) is 11.0. The molecule has 0 radical (unpaired) electrons. The molecule has 3 rings (SSSR count). The number of benzene rings is 2. The van der Waals surface area contributed by atoms with Crippen molar-refractivity contribution in [2.24, 2.45) is 0 Å². The first-order valence-corrected chi connectivity index (χ1v) is 9.56. The van der Waals surface area contributed by atoms with Crippen molar-refractivity contribution in [3.8, 4) is 23.0 Å². The molecule has 1 aromatic heterocycles. The second-order valence-corrected chi connectivity index (χ2v) is 7.34. The lowest BCUT2D eigenvalue weighted by molar-refractivity contribution is 0.241. The number of hydrogen-bond acceptors (Lipinski definition) is 7. The third kappa shape index (κ3) is 5.16. The van der Waals surface area contributed by atoms with Crippen LogP contribution in [0.2, 0.25) is 0 Å². The van der Waals surface area contributed by atoms with Crippen molar-refractivity contribution < 1.29 is 13.9 Å². The molecule has 0 spiro atoms. The van der Waals surface area contributed by atoms with Gasteiger partial charge in [-0.15, -0.1) is 5.10 Å². The van der Waals surface area contributed by atoms with Gasteiger partial charge >= 0.3 is 0 Å². The Hall–Kier alpha value is -2.84. The molecule has 8 heteroatoms. The quantitative estimate of drug-likeness (QED) is 0.516. The van der Waals surface area contributed by atoms with Gasteiger partial charge < -0.3 is 18.8 Å². The molecule has 0 aliphatic heterocycles. The molecule has 0 aliphatic rings. The highest BCUT2D eigenvalue weighted by atomic mass is 32.1. The van der Waals surface area contributed by atoms with E-state index < -0.39 is 0 Å². The minimum atomic E-state index is 0.316. The van der Waals surface area contributed by atoms with Crippen LogP contribution in [-0.2, 0) is 13.2 Å². The minimum absolute atomic E-state index is 0.316. The van der Waals surface area contributed by atoms with Crippen LogP contribution in [-0.4, -0.2) is 50.0 Å². The van der Waals surface area contributed by atoms with Crippen LogP contribution in [0.5, 0.6) is 11.5 Å². The van der Waals surface area contributed by atoms with Gasteiger partial charge in [0.1, 0.15) is 11.5 Å². The smallest absolute Gasteiger partial charge is 0.288 e. The van der Waals surface area contributed by atoms with E-state index in [1.807, 2.05) is 33.3 Å². The van der Waals surface area contributed by atoms with Gasteiger partial charge in [0.2, 0.25) is 5.89 Å². The predicted molar refractivity (Wildman–Crippen MR) is 116 cm³/mol. The largest absolute Gasteiger partial charge is 0.497 e. The number of ether oxygens (including phenoxy) is 2. The summed E-state index contributed by atoms with van der Waals surface area (Å²) in [5, 5.41) is 4.54. The molecule has 0 saturated carbocycles. The SMILES string of the molecule is COc1cc(OC)cc(-c2nn(CN(C)Cc3ccc(N(C)C)cc3)c(=S)o2)c1. The summed E-state index contributed by atoms with van der Waals surface area (Å²) < 4.78 is 18.0. The maximum absolute atomic E-state index is 5.72. The second-order valence-electron chi connectivity index (χ2n) is 6.99. The highest BCUT2D eigenvalue weighted by Gasteiger charge is 2.13. The molecule has 0 bridgehead atoms. The van der Waals surface area contributed by atoms with E-state index in [9.17, 15) is 0 Å². The van der Waals surface area contributed by atoms with E-state index in [-0.39, 0.29) is 0 Å². The van der Waals surface area contributed by atoms with Gasteiger partial charge in [0.25, 0.3) is 4.84 Å². The van der Waals surface area contributed by atoms with E-state index in [1.54, 1.807) is 25.0 Å². The Kier molecular flexibility index (Phi) is 6.56. The van der Waals surface area contributed by atoms with Gasteiger partial charge in [-0.3, -0.25) is 4.90 Å². The fraction of sp³-hybridized carbons (Fsp3) is 0.333. The first-order valence-electron chi connectivity index (χ1n) is 9.16. The van der Waals surface area contributed by atoms with Crippen LogP contribution < -0.4 is 14.4 Å². The molecule has 7 nitrogen and oxygen atoms in total. The second kappa shape index (κ2) is 9.11. The summed E-state index contributed by atoms with van der Waals surface area (Å²) in [5.41, 5.74) is 3.13. The van der Waals surface area contributed by atoms with Crippen LogP contribution in [0.25, 0.3) is 11.5 Å². The zero-order chi connectivity index (χ0) is 21.0. The highest BCUT2D eigenvalue weighted by Crippen LogP contribution is 2.29. The van der Waals surface area contributed by atoms with E-state index in [0.717, 1.165) is 12.1 Å². The first-order chi connectivity index (χ1) is 13.9. The topological polar surface area (TPSA) is 55.9 Å². The van der Waals surface area contributed by atoms with Crippen molar-refractivity contribution in [2.75, 3.05) is 40.3 Å². The Morgan fingerprint density at radius 3 is 2.17 bits per heavy atom. The standard InChI is InChI=1S/C21H26N4O3S/c1-23(2)17-8-6-15(7-9-17)13-24(3)14-25-21(29)28-20(22-25)16-10-18(26-4)12-19(11-16)27-5/h6-12H,13-14H2,1-5H3. The zero-order valence-electron chi connectivity index (χ0n) is 17.4. The van der Waals surface area contributed by atoms with Gasteiger partial charge in [-0.05, 0) is 49.1 Å². The summed E-state index contributed by atoms with van der Waals surface area (Å²) >= 11 is 5.36. The monoisotopic (exact) mass is 414 g/mol. The molecule has 0 saturated heterocycles. The summed E-state index contributed by atoms with van der Waals surface area (Å²) in [6, 6.07) is 13.9. The van der Waals surface area contributed by atoms with E-state index in [4.69, 9.17) is 26.1 Å². The van der Waals surface area contributed by atoms with E-state index in [0.29, 0.717) is 28.9 Å². The molecule has 0 N–H and O–H groups in total. The van der Waals surface area contributed by atoms with Crippen molar-refractivity contribution in [3.05, 3.63) is 52.9 Å². The van der Waals surface area contributed by atoms with Gasteiger partial charge in [-0.25, -0.2) is 4.68 Å². The third-order valence-corrected chi connectivity index (χ3v) is 4.78. The summed E-state index contributed by atoms with van der Waals surface area (Å²) in [6.07, 6.45) is 0. The number of rotatable bonds is 8. The Morgan fingerprint density at radius 1 is 1.00 bits per heavy atom. The summed E-state index contributed by atoms with van der Waals surface area (Å²) in [4.78, 5) is 4.52. The lowest BCUT2D eigenvalue weighted by atomic mass is 10.2. The maximum Gasteiger partial charge on any atom is 0.288 e. The van der Waals surface area contributed by atoms with Gasteiger partial charge in [0.15, 0.2) is 0 Å². The molecule has 0 fully saturated rings. The summed E-state index contributed by atoms with van der Waals surface area (Å²) in [5.74, 6) is 1.75. The lowest BCUT2D eigenvalue weighted by Crippen LogP contribution is -2.22. The predicted octanol–water partition coefficient (Wildman–Crippen LogP) is 4.05. The molecular formula is C21H26N4O3S. The van der Waals surface area contributed by atoms with Crippen LogP contribution in [0.15, 0.2) is 46.9 Å². The maximum atomic E-state index is 5.72. The molecule has 0 amide bonds. The molecule has 0 atom stereocenters. The number of hydrogen-bond donors (Lipinski definition) is 0. The number of aromatic nitrogens is 2. The molecule has 154 valence electrons. The van der Waals surface area contributed by atoms with Gasteiger partial charge in [0, 0.05) is 38.0 Å².